The molecule has 1 aromatic carbocycles. The summed E-state index contributed by atoms with van der Waals surface area (Å²) in [5.74, 6) is 0.461. The lowest BCUT2D eigenvalue weighted by molar-refractivity contribution is 0.387. The third kappa shape index (κ3) is 2.62. The average molecular weight is 294 g/mol. The maximum Gasteiger partial charge on any atom is 0.237 e. The molecule has 0 aliphatic heterocycles. The zero-order chi connectivity index (χ0) is 12.3. The molecule has 0 aliphatic rings. The predicted octanol–water partition coefficient (Wildman–Crippen LogP) is 2.30. The highest BCUT2D eigenvalue weighted by Gasteiger charge is 2.16. The SMILES string of the molecule is COc1nccnc1C(N)c1ccc(Br)cc1. The molecule has 0 radical (unpaired) electrons. The molecule has 88 valence electrons. The minimum absolute atomic E-state index is 0.341. The van der Waals surface area contributed by atoms with Gasteiger partial charge in [-0.05, 0) is 17.7 Å². The van der Waals surface area contributed by atoms with Gasteiger partial charge in [-0.1, -0.05) is 28.1 Å². The molecule has 0 saturated carbocycles. The van der Waals surface area contributed by atoms with Gasteiger partial charge in [-0.2, -0.15) is 0 Å². The van der Waals surface area contributed by atoms with E-state index in [9.17, 15) is 0 Å². The summed E-state index contributed by atoms with van der Waals surface area (Å²) in [5.41, 5.74) is 7.75. The first kappa shape index (κ1) is 12.0. The molecular weight excluding hydrogens is 282 g/mol. The van der Waals surface area contributed by atoms with E-state index in [1.54, 1.807) is 19.5 Å². The number of hydrogen-bond acceptors (Lipinski definition) is 4. The van der Waals surface area contributed by atoms with E-state index < -0.39 is 0 Å². The fraction of sp³-hybridized carbons (Fsp3) is 0.167. The van der Waals surface area contributed by atoms with Gasteiger partial charge >= 0.3 is 0 Å². The highest BCUT2D eigenvalue weighted by atomic mass is 79.9. The Balaban J connectivity index is 2.36. The first-order chi connectivity index (χ1) is 8.22. The summed E-state index contributed by atoms with van der Waals surface area (Å²) in [6.45, 7) is 0. The van der Waals surface area contributed by atoms with Crippen LogP contribution in [0.4, 0.5) is 0 Å². The Morgan fingerprint density at radius 1 is 1.18 bits per heavy atom. The van der Waals surface area contributed by atoms with E-state index >= 15 is 0 Å². The van der Waals surface area contributed by atoms with Crippen LogP contribution in [-0.4, -0.2) is 17.1 Å². The second kappa shape index (κ2) is 5.25. The molecule has 0 spiro atoms. The minimum Gasteiger partial charge on any atom is -0.480 e. The van der Waals surface area contributed by atoms with Gasteiger partial charge in [-0.15, -0.1) is 0 Å². The van der Waals surface area contributed by atoms with Crippen molar-refractivity contribution in [2.24, 2.45) is 5.73 Å². The Hall–Kier alpha value is -1.46. The molecule has 1 heterocycles. The standard InChI is InChI=1S/C12H12BrN3O/c1-17-12-11(15-6-7-16-12)10(14)8-2-4-9(13)5-3-8/h2-7,10H,14H2,1H3. The quantitative estimate of drug-likeness (QED) is 0.943. The molecule has 1 aromatic heterocycles. The summed E-state index contributed by atoms with van der Waals surface area (Å²) < 4.78 is 6.16. The molecule has 1 unspecified atom stereocenters. The maximum atomic E-state index is 6.14. The first-order valence-corrected chi connectivity index (χ1v) is 5.87. The van der Waals surface area contributed by atoms with E-state index in [1.165, 1.54) is 0 Å². The topological polar surface area (TPSA) is 61.0 Å². The van der Waals surface area contributed by atoms with E-state index in [2.05, 4.69) is 25.9 Å². The van der Waals surface area contributed by atoms with E-state index in [-0.39, 0.29) is 6.04 Å². The molecule has 0 bridgehead atoms. The molecule has 2 aromatic rings. The Bertz CT molecular complexity index is 501. The molecule has 17 heavy (non-hydrogen) atoms. The van der Waals surface area contributed by atoms with E-state index in [0.717, 1.165) is 10.0 Å². The summed E-state index contributed by atoms with van der Waals surface area (Å²) in [7, 11) is 1.56. The number of benzene rings is 1. The van der Waals surface area contributed by atoms with Crippen molar-refractivity contribution in [1.82, 2.24) is 9.97 Å². The second-order valence-corrected chi connectivity index (χ2v) is 4.40. The second-order valence-electron chi connectivity index (χ2n) is 3.48. The molecule has 0 aliphatic carbocycles. The maximum absolute atomic E-state index is 6.14. The van der Waals surface area contributed by atoms with Crippen molar-refractivity contribution in [3.8, 4) is 5.88 Å². The van der Waals surface area contributed by atoms with Crippen molar-refractivity contribution < 1.29 is 4.74 Å². The lowest BCUT2D eigenvalue weighted by Crippen LogP contribution is -2.15. The summed E-state index contributed by atoms with van der Waals surface area (Å²) in [4.78, 5) is 8.31. The Labute approximate surface area is 108 Å². The zero-order valence-corrected chi connectivity index (χ0v) is 10.9. The Kier molecular flexibility index (Phi) is 3.71. The van der Waals surface area contributed by atoms with Crippen molar-refractivity contribution >= 4 is 15.9 Å². The van der Waals surface area contributed by atoms with Crippen LogP contribution in [-0.2, 0) is 0 Å². The van der Waals surface area contributed by atoms with Crippen LogP contribution in [0.2, 0.25) is 0 Å². The molecule has 2 N–H and O–H groups in total. The van der Waals surface area contributed by atoms with Crippen molar-refractivity contribution in [3.63, 3.8) is 0 Å². The lowest BCUT2D eigenvalue weighted by atomic mass is 10.1. The van der Waals surface area contributed by atoms with E-state index in [4.69, 9.17) is 10.5 Å². The molecular formula is C12H12BrN3O. The van der Waals surface area contributed by atoms with Crippen LogP contribution < -0.4 is 10.5 Å². The smallest absolute Gasteiger partial charge is 0.237 e. The Morgan fingerprint density at radius 3 is 2.47 bits per heavy atom. The van der Waals surface area contributed by atoms with Crippen molar-refractivity contribution in [3.05, 3.63) is 52.4 Å². The number of halogens is 1. The van der Waals surface area contributed by atoms with Gasteiger partial charge in [0, 0.05) is 16.9 Å². The van der Waals surface area contributed by atoms with Gasteiger partial charge in [-0.25, -0.2) is 4.98 Å². The van der Waals surface area contributed by atoms with Crippen LogP contribution in [0.15, 0.2) is 41.1 Å². The Morgan fingerprint density at radius 2 is 1.82 bits per heavy atom. The summed E-state index contributed by atoms with van der Waals surface area (Å²) in [5, 5.41) is 0. The van der Waals surface area contributed by atoms with Gasteiger partial charge in [0.15, 0.2) is 0 Å². The monoisotopic (exact) mass is 293 g/mol. The van der Waals surface area contributed by atoms with Gasteiger partial charge < -0.3 is 10.5 Å². The molecule has 4 nitrogen and oxygen atoms in total. The van der Waals surface area contributed by atoms with Gasteiger partial charge in [0.2, 0.25) is 5.88 Å². The molecule has 0 fully saturated rings. The van der Waals surface area contributed by atoms with Crippen molar-refractivity contribution in [1.29, 1.82) is 0 Å². The van der Waals surface area contributed by atoms with Gasteiger partial charge in [0.1, 0.15) is 5.69 Å². The van der Waals surface area contributed by atoms with E-state index in [1.807, 2.05) is 24.3 Å². The number of rotatable bonds is 3. The summed E-state index contributed by atoms with van der Waals surface area (Å²) in [6, 6.07) is 7.44. The highest BCUT2D eigenvalue weighted by molar-refractivity contribution is 9.10. The van der Waals surface area contributed by atoms with Crippen molar-refractivity contribution in [2.75, 3.05) is 7.11 Å². The summed E-state index contributed by atoms with van der Waals surface area (Å²) >= 11 is 3.39. The number of nitrogens with zero attached hydrogens (tertiary/aromatic N) is 2. The highest BCUT2D eigenvalue weighted by Crippen LogP contribution is 2.24. The number of hydrogen-bond donors (Lipinski definition) is 1. The number of methoxy groups -OCH3 is 1. The van der Waals surface area contributed by atoms with Crippen molar-refractivity contribution in [2.45, 2.75) is 6.04 Å². The van der Waals surface area contributed by atoms with Crippen LogP contribution in [0, 0.1) is 0 Å². The normalized spacial score (nSPS) is 12.2. The van der Waals surface area contributed by atoms with Crippen LogP contribution in [0.1, 0.15) is 17.3 Å². The molecule has 0 amide bonds. The molecule has 1 atom stereocenters. The molecule has 2 rings (SSSR count). The number of nitrogens with two attached hydrogens (primary N) is 1. The third-order valence-corrected chi connectivity index (χ3v) is 2.94. The van der Waals surface area contributed by atoms with Crippen LogP contribution in [0.3, 0.4) is 0 Å². The van der Waals surface area contributed by atoms with Gasteiger partial charge in [-0.3, -0.25) is 4.98 Å². The fourth-order valence-corrected chi connectivity index (χ4v) is 1.80. The molecule has 0 saturated heterocycles. The number of ether oxygens (including phenoxy) is 1. The largest absolute Gasteiger partial charge is 0.480 e. The van der Waals surface area contributed by atoms with Crippen LogP contribution in [0.5, 0.6) is 5.88 Å². The lowest BCUT2D eigenvalue weighted by Gasteiger charge is -2.13. The van der Waals surface area contributed by atoms with Crippen LogP contribution in [0.25, 0.3) is 0 Å². The van der Waals surface area contributed by atoms with E-state index in [0.29, 0.717) is 11.6 Å². The molecule has 5 heteroatoms. The predicted molar refractivity (Wildman–Crippen MR) is 68.8 cm³/mol. The van der Waals surface area contributed by atoms with Crippen LogP contribution >= 0.6 is 15.9 Å². The fourth-order valence-electron chi connectivity index (χ4n) is 1.53. The summed E-state index contributed by atoms with van der Waals surface area (Å²) in [6.07, 6.45) is 3.19. The van der Waals surface area contributed by atoms with Gasteiger partial charge in [0.05, 0.1) is 13.2 Å². The average Bonchev–Trinajstić information content (AvgIpc) is 2.39. The number of aromatic nitrogens is 2. The zero-order valence-electron chi connectivity index (χ0n) is 9.30. The first-order valence-electron chi connectivity index (χ1n) is 5.08. The third-order valence-electron chi connectivity index (χ3n) is 2.41. The minimum atomic E-state index is -0.341. The van der Waals surface area contributed by atoms with Gasteiger partial charge in [0.25, 0.3) is 0 Å².